The van der Waals surface area contributed by atoms with E-state index in [4.69, 9.17) is 16.3 Å². The second kappa shape index (κ2) is 4.88. The van der Waals surface area contributed by atoms with Crippen molar-refractivity contribution in [2.24, 2.45) is 0 Å². The van der Waals surface area contributed by atoms with E-state index in [9.17, 15) is 0 Å². The second-order valence-corrected chi connectivity index (χ2v) is 4.36. The minimum Gasteiger partial charge on any atom is -0.372 e. The fourth-order valence-corrected chi connectivity index (χ4v) is 0.790. The van der Waals surface area contributed by atoms with Crippen LogP contribution in [0.5, 0.6) is 0 Å². The van der Waals surface area contributed by atoms with E-state index in [1.165, 1.54) is 11.1 Å². The molecule has 1 nitrogen and oxygen atoms in total. The maximum Gasteiger partial charge on any atom is 0.0684 e. The van der Waals surface area contributed by atoms with Crippen molar-refractivity contribution in [2.45, 2.75) is 40.2 Å². The zero-order valence-corrected chi connectivity index (χ0v) is 9.46. The van der Waals surface area contributed by atoms with E-state index in [2.05, 4.69) is 27.7 Å². The first-order valence-electron chi connectivity index (χ1n) is 4.22. The van der Waals surface area contributed by atoms with Gasteiger partial charge in [-0.3, -0.25) is 0 Å². The van der Waals surface area contributed by atoms with Crippen molar-refractivity contribution in [3.8, 4) is 0 Å². The van der Waals surface area contributed by atoms with Crippen molar-refractivity contribution in [1.82, 2.24) is 0 Å². The van der Waals surface area contributed by atoms with Crippen molar-refractivity contribution in [3.05, 3.63) is 11.1 Å². The Labute approximate surface area is 80.8 Å². The number of allylic oxidation sites excluding steroid dienone is 1. The number of hydrogen-bond donors (Lipinski definition) is 0. The van der Waals surface area contributed by atoms with Gasteiger partial charge < -0.3 is 4.74 Å². The van der Waals surface area contributed by atoms with Crippen LogP contribution in [0.4, 0.5) is 0 Å². The van der Waals surface area contributed by atoms with Gasteiger partial charge in [-0.15, -0.1) is 11.6 Å². The molecule has 0 bridgehead atoms. The molecule has 0 heterocycles. The molecule has 0 amide bonds. The van der Waals surface area contributed by atoms with Crippen molar-refractivity contribution in [2.75, 3.05) is 12.5 Å². The maximum atomic E-state index is 5.68. The summed E-state index contributed by atoms with van der Waals surface area (Å²) in [5.41, 5.74) is 2.38. The molecule has 0 spiro atoms. The van der Waals surface area contributed by atoms with Gasteiger partial charge in [0.15, 0.2) is 0 Å². The molecule has 0 aliphatic rings. The van der Waals surface area contributed by atoms with Crippen LogP contribution in [-0.4, -0.2) is 18.1 Å². The molecule has 0 saturated heterocycles. The number of ether oxygens (including phenoxy) is 1. The van der Waals surface area contributed by atoms with Gasteiger partial charge in [0.2, 0.25) is 0 Å². The summed E-state index contributed by atoms with van der Waals surface area (Å²) in [5, 5.41) is 0. The van der Waals surface area contributed by atoms with Gasteiger partial charge in [0.25, 0.3) is 0 Å². The Bertz CT molecular complexity index is 165. The van der Waals surface area contributed by atoms with Gasteiger partial charge in [0, 0.05) is 5.88 Å². The van der Waals surface area contributed by atoms with Gasteiger partial charge in [0.05, 0.1) is 12.2 Å². The maximum absolute atomic E-state index is 5.68. The quantitative estimate of drug-likeness (QED) is 0.490. The third-order valence-corrected chi connectivity index (χ3v) is 2.05. The molecule has 0 N–H and O–H groups in total. The molecule has 0 rings (SSSR count). The lowest BCUT2D eigenvalue weighted by molar-refractivity contribution is 0.0109. The molecule has 0 radical (unpaired) electrons. The predicted molar refractivity (Wildman–Crippen MR) is 54.8 cm³/mol. The van der Waals surface area contributed by atoms with Crippen LogP contribution in [0.15, 0.2) is 11.1 Å². The van der Waals surface area contributed by atoms with Crippen LogP contribution in [0.3, 0.4) is 0 Å². The summed E-state index contributed by atoms with van der Waals surface area (Å²) < 4.78 is 5.60. The van der Waals surface area contributed by atoms with Crippen LogP contribution in [0.25, 0.3) is 0 Å². The highest BCUT2D eigenvalue weighted by Gasteiger charge is 2.10. The third-order valence-electron chi connectivity index (χ3n) is 1.65. The summed E-state index contributed by atoms with van der Waals surface area (Å²) in [4.78, 5) is 0. The molecule has 72 valence electrons. The van der Waals surface area contributed by atoms with E-state index in [1.54, 1.807) is 0 Å². The monoisotopic (exact) mass is 190 g/mol. The zero-order chi connectivity index (χ0) is 9.78. The Morgan fingerprint density at radius 1 is 1.17 bits per heavy atom. The molecule has 0 saturated carbocycles. The number of hydrogen-bond acceptors (Lipinski definition) is 1. The topological polar surface area (TPSA) is 9.23 Å². The van der Waals surface area contributed by atoms with Crippen LogP contribution < -0.4 is 0 Å². The largest absolute Gasteiger partial charge is 0.372 e. The Morgan fingerprint density at radius 2 is 1.67 bits per heavy atom. The fraction of sp³-hybridized carbons (Fsp3) is 0.800. The molecule has 0 aliphatic heterocycles. The highest BCUT2D eigenvalue weighted by Crippen LogP contribution is 2.11. The summed E-state index contributed by atoms with van der Waals surface area (Å²) in [5.74, 6) is 0.597. The average molecular weight is 191 g/mol. The van der Waals surface area contributed by atoms with Crippen molar-refractivity contribution >= 4 is 11.6 Å². The number of alkyl halides is 1. The van der Waals surface area contributed by atoms with E-state index in [0.29, 0.717) is 12.5 Å². The first-order valence-corrected chi connectivity index (χ1v) is 4.75. The van der Waals surface area contributed by atoms with Gasteiger partial charge >= 0.3 is 0 Å². The fourth-order valence-electron chi connectivity index (χ4n) is 0.562. The molecule has 0 aromatic rings. The van der Waals surface area contributed by atoms with Gasteiger partial charge in [-0.2, -0.15) is 0 Å². The van der Waals surface area contributed by atoms with Gasteiger partial charge in [-0.05, 0) is 40.2 Å². The minimum absolute atomic E-state index is 0.0617. The highest BCUT2D eigenvalue weighted by atomic mass is 35.5. The Hall–Kier alpha value is -0.0100. The first kappa shape index (κ1) is 12.0. The van der Waals surface area contributed by atoms with E-state index in [-0.39, 0.29) is 5.60 Å². The lowest BCUT2D eigenvalue weighted by Gasteiger charge is -2.20. The Balaban J connectivity index is 3.95. The average Bonchev–Trinajstić information content (AvgIpc) is 1.97. The standard InChI is InChI=1S/C10H19ClO/c1-8(6-11)9(2)7-12-10(3,4)5/h6-7H2,1-5H3/b9-8+. The second-order valence-electron chi connectivity index (χ2n) is 4.10. The van der Waals surface area contributed by atoms with Crippen LogP contribution >= 0.6 is 11.6 Å². The zero-order valence-electron chi connectivity index (χ0n) is 8.70. The molecule has 0 aromatic heterocycles. The molecule has 12 heavy (non-hydrogen) atoms. The minimum atomic E-state index is -0.0617. The number of rotatable bonds is 3. The number of halogens is 1. The summed E-state index contributed by atoms with van der Waals surface area (Å²) in [6, 6.07) is 0. The van der Waals surface area contributed by atoms with E-state index in [1.807, 2.05) is 6.92 Å². The molecule has 0 atom stereocenters. The first-order chi connectivity index (χ1) is 5.37. The molecule has 0 fully saturated rings. The normalized spacial score (nSPS) is 14.5. The summed E-state index contributed by atoms with van der Waals surface area (Å²) >= 11 is 5.68. The van der Waals surface area contributed by atoms with Crippen LogP contribution in [0.1, 0.15) is 34.6 Å². The SMILES string of the molecule is C/C(CCl)=C(/C)COC(C)(C)C. The van der Waals surface area contributed by atoms with Crippen molar-refractivity contribution in [1.29, 1.82) is 0 Å². The summed E-state index contributed by atoms with van der Waals surface area (Å²) in [6.07, 6.45) is 0. The van der Waals surface area contributed by atoms with Gasteiger partial charge in [-0.25, -0.2) is 0 Å². The molecular formula is C10H19ClO. The van der Waals surface area contributed by atoms with E-state index >= 15 is 0 Å². The van der Waals surface area contributed by atoms with Gasteiger partial charge in [-0.1, -0.05) is 5.57 Å². The lowest BCUT2D eigenvalue weighted by atomic mass is 10.1. The van der Waals surface area contributed by atoms with E-state index < -0.39 is 0 Å². The molecule has 2 heteroatoms. The van der Waals surface area contributed by atoms with Crippen molar-refractivity contribution in [3.63, 3.8) is 0 Å². The lowest BCUT2D eigenvalue weighted by Crippen LogP contribution is -2.20. The van der Waals surface area contributed by atoms with Crippen LogP contribution in [-0.2, 0) is 4.74 Å². The molecule has 0 aromatic carbocycles. The summed E-state index contributed by atoms with van der Waals surface area (Å²) in [7, 11) is 0. The third kappa shape index (κ3) is 5.62. The highest BCUT2D eigenvalue weighted by molar-refractivity contribution is 6.19. The Morgan fingerprint density at radius 3 is 2.00 bits per heavy atom. The van der Waals surface area contributed by atoms with Crippen LogP contribution in [0, 0.1) is 0 Å². The van der Waals surface area contributed by atoms with E-state index in [0.717, 1.165) is 0 Å². The van der Waals surface area contributed by atoms with Crippen LogP contribution in [0.2, 0.25) is 0 Å². The smallest absolute Gasteiger partial charge is 0.0684 e. The summed E-state index contributed by atoms with van der Waals surface area (Å²) in [6.45, 7) is 10.9. The van der Waals surface area contributed by atoms with Gasteiger partial charge in [0.1, 0.15) is 0 Å². The molecular weight excluding hydrogens is 172 g/mol. The molecule has 0 unspecified atom stereocenters. The van der Waals surface area contributed by atoms with Crippen molar-refractivity contribution < 1.29 is 4.74 Å². The molecule has 0 aliphatic carbocycles. The Kier molecular flexibility index (Phi) is 4.88. The predicted octanol–water partition coefficient (Wildman–Crippen LogP) is 3.38.